The Morgan fingerprint density at radius 2 is 2.06 bits per heavy atom. The van der Waals surface area contributed by atoms with Gasteiger partial charge >= 0.3 is 0 Å². The molecule has 1 heterocycles. The van der Waals surface area contributed by atoms with E-state index in [0.717, 1.165) is 0 Å². The average molecular weight is 239 g/mol. The molecule has 0 fully saturated rings. The van der Waals surface area contributed by atoms with Crippen LogP contribution >= 0.6 is 0 Å². The number of fused-ring (bicyclic) bond motifs is 2. The summed E-state index contributed by atoms with van der Waals surface area (Å²) in [6, 6.07) is 9.58. The van der Waals surface area contributed by atoms with E-state index in [9.17, 15) is 9.59 Å². The van der Waals surface area contributed by atoms with Crippen LogP contribution in [0.4, 0.5) is 0 Å². The number of aromatic nitrogens is 1. The summed E-state index contributed by atoms with van der Waals surface area (Å²) in [7, 11) is 0. The molecule has 0 N–H and O–H groups in total. The normalized spacial score (nSPS) is 10.9. The number of hydrogen-bond donors (Lipinski definition) is 0. The van der Waals surface area contributed by atoms with Crippen molar-refractivity contribution in [1.82, 2.24) is 4.98 Å². The first-order chi connectivity index (χ1) is 8.65. The van der Waals surface area contributed by atoms with Crippen molar-refractivity contribution < 1.29 is 9.21 Å². The molecule has 0 saturated carbocycles. The lowest BCUT2D eigenvalue weighted by Crippen LogP contribution is -2.01. The van der Waals surface area contributed by atoms with Crippen molar-refractivity contribution in [2.75, 3.05) is 0 Å². The molecule has 0 saturated heterocycles. The number of ketones is 1. The van der Waals surface area contributed by atoms with Crippen LogP contribution in [-0.2, 0) is 0 Å². The smallest absolute Gasteiger partial charge is 0.182 e. The second-order valence-electron chi connectivity index (χ2n) is 4.05. The molecular weight excluding hydrogens is 230 g/mol. The number of Topliss-reactive ketones (excluding diaryl/α,β-unsaturated/α-hetero) is 1. The first-order valence-electron chi connectivity index (χ1n) is 5.50. The van der Waals surface area contributed by atoms with Crippen LogP contribution in [0.1, 0.15) is 17.3 Å². The van der Waals surface area contributed by atoms with Crippen LogP contribution in [0.15, 0.2) is 45.6 Å². The van der Waals surface area contributed by atoms with Gasteiger partial charge in [-0.1, -0.05) is 6.07 Å². The number of rotatable bonds is 1. The molecule has 0 bridgehead atoms. The number of benzene rings is 2. The lowest BCUT2D eigenvalue weighted by molar-refractivity contribution is 0.101. The maximum absolute atomic E-state index is 11.5. The summed E-state index contributed by atoms with van der Waals surface area (Å²) in [5.74, 6) is 0.360. The Morgan fingerprint density at radius 3 is 2.83 bits per heavy atom. The van der Waals surface area contributed by atoms with E-state index in [1.54, 1.807) is 24.3 Å². The van der Waals surface area contributed by atoms with Crippen molar-refractivity contribution in [2.45, 2.75) is 6.92 Å². The summed E-state index contributed by atoms with van der Waals surface area (Å²) in [6.07, 6.45) is 0. The van der Waals surface area contributed by atoms with Gasteiger partial charge < -0.3 is 4.42 Å². The zero-order chi connectivity index (χ0) is 12.7. The second kappa shape index (κ2) is 3.77. The lowest BCUT2D eigenvalue weighted by atomic mass is 10.1. The van der Waals surface area contributed by atoms with Gasteiger partial charge in [0.15, 0.2) is 22.6 Å². The average Bonchev–Trinajstić information content (AvgIpc) is 2.35. The summed E-state index contributed by atoms with van der Waals surface area (Å²) < 4.78 is 5.60. The topological polar surface area (TPSA) is 60.2 Å². The van der Waals surface area contributed by atoms with E-state index in [0.29, 0.717) is 28.1 Å². The van der Waals surface area contributed by atoms with Crippen LogP contribution in [0.2, 0.25) is 0 Å². The van der Waals surface area contributed by atoms with Crippen molar-refractivity contribution in [2.24, 2.45) is 0 Å². The number of hydrogen-bond acceptors (Lipinski definition) is 4. The van der Waals surface area contributed by atoms with E-state index in [1.165, 1.54) is 19.1 Å². The Bertz CT molecular complexity index is 789. The summed E-state index contributed by atoms with van der Waals surface area (Å²) in [6.45, 7) is 1.49. The second-order valence-corrected chi connectivity index (χ2v) is 4.05. The monoisotopic (exact) mass is 239 g/mol. The summed E-state index contributed by atoms with van der Waals surface area (Å²) >= 11 is 0. The van der Waals surface area contributed by atoms with Gasteiger partial charge in [0.05, 0.1) is 0 Å². The molecular formula is C14H9NO3. The van der Waals surface area contributed by atoms with E-state index in [2.05, 4.69) is 4.98 Å². The molecule has 4 heteroatoms. The van der Waals surface area contributed by atoms with Crippen molar-refractivity contribution in [1.29, 1.82) is 0 Å². The van der Waals surface area contributed by atoms with E-state index in [1.807, 2.05) is 0 Å². The Hall–Kier alpha value is -2.49. The Labute approximate surface area is 102 Å². The van der Waals surface area contributed by atoms with Gasteiger partial charge in [0.25, 0.3) is 0 Å². The first-order valence-corrected chi connectivity index (χ1v) is 5.50. The molecule has 4 nitrogen and oxygen atoms in total. The Kier molecular flexibility index (Phi) is 2.23. The molecule has 88 valence electrons. The third-order valence-corrected chi connectivity index (χ3v) is 2.76. The van der Waals surface area contributed by atoms with Gasteiger partial charge in [-0.3, -0.25) is 9.59 Å². The molecule has 0 spiro atoms. The highest BCUT2D eigenvalue weighted by Crippen LogP contribution is 2.25. The van der Waals surface area contributed by atoms with Crippen molar-refractivity contribution >= 4 is 16.9 Å². The fraction of sp³-hybridized carbons (Fsp3) is 0.0714. The molecule has 1 aliphatic heterocycles. The maximum atomic E-state index is 11.5. The fourth-order valence-electron chi connectivity index (χ4n) is 1.91. The maximum Gasteiger partial charge on any atom is 0.182 e. The molecule has 1 aromatic carbocycles. The van der Waals surface area contributed by atoms with Crippen LogP contribution in [0, 0.1) is 0 Å². The van der Waals surface area contributed by atoms with E-state index < -0.39 is 0 Å². The molecule has 18 heavy (non-hydrogen) atoms. The first kappa shape index (κ1) is 10.7. The molecule has 1 aromatic rings. The van der Waals surface area contributed by atoms with Crippen LogP contribution in [0.3, 0.4) is 0 Å². The molecule has 2 aliphatic rings. The van der Waals surface area contributed by atoms with Crippen LogP contribution in [-0.4, -0.2) is 10.8 Å². The quantitative estimate of drug-likeness (QED) is 0.483. The van der Waals surface area contributed by atoms with Gasteiger partial charge in [-0.05, 0) is 31.2 Å². The van der Waals surface area contributed by atoms with Crippen LogP contribution in [0.25, 0.3) is 22.6 Å². The molecule has 1 aliphatic carbocycles. The Balaban J connectivity index is 2.46. The standard InChI is InChI=1S/C14H9NO3/c1-8(16)10-3-2-4-12-14(10)15-11-6-5-9(17)7-13(11)18-12/h2-7H,1H3. The van der Waals surface area contributed by atoms with E-state index >= 15 is 0 Å². The van der Waals surface area contributed by atoms with Crippen LogP contribution in [0.5, 0.6) is 0 Å². The molecule has 0 radical (unpaired) electrons. The zero-order valence-corrected chi connectivity index (χ0v) is 9.64. The number of para-hydroxylation sites is 1. The van der Waals surface area contributed by atoms with Gasteiger partial charge in [-0.2, -0.15) is 0 Å². The van der Waals surface area contributed by atoms with Crippen molar-refractivity contribution in [3.63, 3.8) is 0 Å². The predicted octanol–water partition coefficient (Wildman–Crippen LogP) is 2.50. The highest BCUT2D eigenvalue weighted by Gasteiger charge is 2.13. The van der Waals surface area contributed by atoms with E-state index in [-0.39, 0.29) is 11.2 Å². The summed E-state index contributed by atoms with van der Waals surface area (Å²) in [5.41, 5.74) is 1.98. The summed E-state index contributed by atoms with van der Waals surface area (Å²) in [5, 5.41) is 0. The van der Waals surface area contributed by atoms with Crippen molar-refractivity contribution in [3.05, 3.63) is 52.2 Å². The minimum atomic E-state index is -0.130. The molecule has 0 aromatic heterocycles. The molecule has 0 unspecified atom stereocenters. The predicted molar refractivity (Wildman–Crippen MR) is 66.9 cm³/mol. The van der Waals surface area contributed by atoms with Gasteiger partial charge in [-0.15, -0.1) is 0 Å². The third kappa shape index (κ3) is 1.59. The fourth-order valence-corrected chi connectivity index (χ4v) is 1.91. The molecule has 0 amide bonds. The molecule has 0 atom stereocenters. The van der Waals surface area contributed by atoms with Crippen molar-refractivity contribution in [3.8, 4) is 11.5 Å². The SMILES string of the molecule is CC(=O)c1cccc2oc3cc(=O)ccc-3nc12. The zero-order valence-electron chi connectivity index (χ0n) is 9.64. The highest BCUT2D eigenvalue weighted by molar-refractivity contribution is 6.04. The Morgan fingerprint density at radius 1 is 1.22 bits per heavy atom. The van der Waals surface area contributed by atoms with Gasteiger partial charge in [0, 0.05) is 11.6 Å². The summed E-state index contributed by atoms with van der Waals surface area (Å²) in [4.78, 5) is 27.2. The van der Waals surface area contributed by atoms with Gasteiger partial charge in [0.1, 0.15) is 11.2 Å². The number of nitrogens with zero attached hydrogens (tertiary/aromatic N) is 1. The minimum absolute atomic E-state index is 0.0666. The third-order valence-electron chi connectivity index (χ3n) is 2.76. The largest absolute Gasteiger partial charge is 0.453 e. The van der Waals surface area contributed by atoms with Crippen LogP contribution < -0.4 is 5.43 Å². The highest BCUT2D eigenvalue weighted by atomic mass is 16.3. The molecule has 3 rings (SSSR count). The minimum Gasteiger partial charge on any atom is -0.453 e. The number of carbonyl (C=O) groups is 1. The number of carbonyl (C=O) groups excluding carboxylic acids is 1. The van der Waals surface area contributed by atoms with Gasteiger partial charge in [-0.25, -0.2) is 4.98 Å². The van der Waals surface area contributed by atoms with Gasteiger partial charge in [0.2, 0.25) is 0 Å². The lowest BCUT2D eigenvalue weighted by Gasteiger charge is -2.07. The van der Waals surface area contributed by atoms with E-state index in [4.69, 9.17) is 4.42 Å².